The van der Waals surface area contributed by atoms with E-state index in [1.165, 1.54) is 0 Å². The highest BCUT2D eigenvalue weighted by Crippen LogP contribution is 2.30. The maximum atomic E-state index is 13.6. The first kappa shape index (κ1) is 20.8. The lowest BCUT2D eigenvalue weighted by atomic mass is 10.0. The van der Waals surface area contributed by atoms with Gasteiger partial charge in [0.15, 0.2) is 5.69 Å². The average molecular weight is 441 g/mol. The van der Waals surface area contributed by atoms with E-state index in [-0.39, 0.29) is 5.91 Å². The predicted octanol–water partition coefficient (Wildman–Crippen LogP) is 3.58. The molecule has 1 amide bonds. The minimum atomic E-state index is -0.162. The van der Waals surface area contributed by atoms with Crippen LogP contribution in [0, 0.1) is 11.3 Å². The predicted molar refractivity (Wildman–Crippen MR) is 127 cm³/mol. The van der Waals surface area contributed by atoms with Gasteiger partial charge in [-0.25, -0.2) is 4.68 Å². The van der Waals surface area contributed by atoms with Gasteiger partial charge in [0.05, 0.1) is 12.8 Å². The SMILES string of the molecule is COc1ccc(-n2nc(C#N)c3c2C(=O)N(c2ccc(N4CCCN=C4C)cc2)CC3)cc1. The summed E-state index contributed by atoms with van der Waals surface area (Å²) in [5.74, 6) is 1.56. The molecule has 2 aliphatic rings. The molecule has 0 radical (unpaired) electrons. The number of aliphatic imine (C=N–C) groups is 1. The molecule has 8 nitrogen and oxygen atoms in total. The number of benzene rings is 2. The summed E-state index contributed by atoms with van der Waals surface area (Å²) in [6.07, 6.45) is 1.60. The molecule has 5 rings (SSSR count). The topological polar surface area (TPSA) is 86.7 Å². The van der Waals surface area contributed by atoms with E-state index in [9.17, 15) is 10.1 Å². The van der Waals surface area contributed by atoms with Gasteiger partial charge < -0.3 is 14.5 Å². The van der Waals surface area contributed by atoms with Crippen molar-refractivity contribution in [3.63, 3.8) is 0 Å². The molecule has 0 bridgehead atoms. The number of methoxy groups -OCH3 is 1. The molecule has 0 saturated heterocycles. The van der Waals surface area contributed by atoms with Crippen LogP contribution in [-0.4, -0.2) is 48.3 Å². The fourth-order valence-corrected chi connectivity index (χ4v) is 4.45. The van der Waals surface area contributed by atoms with Crippen LogP contribution >= 0.6 is 0 Å². The van der Waals surface area contributed by atoms with Crippen molar-refractivity contribution in [2.75, 3.05) is 36.5 Å². The number of ether oxygens (including phenoxy) is 1. The van der Waals surface area contributed by atoms with Crippen LogP contribution in [0.15, 0.2) is 53.5 Å². The second-order valence-electron chi connectivity index (χ2n) is 8.05. The van der Waals surface area contributed by atoms with Gasteiger partial charge in [-0.3, -0.25) is 9.79 Å². The molecule has 166 valence electrons. The largest absolute Gasteiger partial charge is 0.497 e. The van der Waals surface area contributed by atoms with Crippen LogP contribution < -0.4 is 14.5 Å². The number of carbonyl (C=O) groups is 1. The van der Waals surface area contributed by atoms with E-state index in [0.717, 1.165) is 36.7 Å². The lowest BCUT2D eigenvalue weighted by Gasteiger charge is -2.30. The van der Waals surface area contributed by atoms with Crippen LogP contribution in [0.2, 0.25) is 0 Å². The van der Waals surface area contributed by atoms with Gasteiger partial charge in [0.1, 0.15) is 23.3 Å². The van der Waals surface area contributed by atoms with Crippen molar-refractivity contribution in [1.29, 1.82) is 5.26 Å². The summed E-state index contributed by atoms with van der Waals surface area (Å²) >= 11 is 0. The summed E-state index contributed by atoms with van der Waals surface area (Å²) in [5, 5.41) is 14.0. The van der Waals surface area contributed by atoms with E-state index in [1.54, 1.807) is 16.7 Å². The number of carbonyl (C=O) groups excluding carboxylic acids is 1. The molecular formula is C25H24N6O2. The Morgan fingerprint density at radius 2 is 1.64 bits per heavy atom. The monoisotopic (exact) mass is 440 g/mol. The highest BCUT2D eigenvalue weighted by molar-refractivity contribution is 6.08. The summed E-state index contributed by atoms with van der Waals surface area (Å²) in [6, 6.07) is 17.4. The van der Waals surface area contributed by atoms with E-state index in [0.29, 0.717) is 41.4 Å². The molecule has 2 aromatic carbocycles. The fourth-order valence-electron chi connectivity index (χ4n) is 4.45. The van der Waals surface area contributed by atoms with Gasteiger partial charge in [-0.15, -0.1) is 0 Å². The molecule has 3 aromatic rings. The molecule has 0 atom stereocenters. The number of amides is 1. The highest BCUT2D eigenvalue weighted by atomic mass is 16.5. The number of nitrogens with zero attached hydrogens (tertiary/aromatic N) is 6. The first-order chi connectivity index (χ1) is 16.1. The summed E-state index contributed by atoms with van der Waals surface area (Å²) in [6.45, 7) is 4.34. The number of amidine groups is 1. The minimum absolute atomic E-state index is 0.162. The van der Waals surface area contributed by atoms with Crippen molar-refractivity contribution in [2.24, 2.45) is 4.99 Å². The van der Waals surface area contributed by atoms with Crippen molar-refractivity contribution < 1.29 is 9.53 Å². The third-order valence-electron chi connectivity index (χ3n) is 6.18. The molecule has 33 heavy (non-hydrogen) atoms. The third kappa shape index (κ3) is 3.61. The normalized spacial score (nSPS) is 15.7. The summed E-state index contributed by atoms with van der Waals surface area (Å²) in [7, 11) is 1.60. The highest BCUT2D eigenvalue weighted by Gasteiger charge is 2.33. The number of hydrogen-bond acceptors (Lipinski definition) is 6. The van der Waals surface area contributed by atoms with Crippen LogP contribution in [0.4, 0.5) is 11.4 Å². The van der Waals surface area contributed by atoms with Crippen LogP contribution in [0.3, 0.4) is 0 Å². The van der Waals surface area contributed by atoms with Crippen molar-refractivity contribution in [2.45, 2.75) is 19.8 Å². The minimum Gasteiger partial charge on any atom is -0.497 e. The Morgan fingerprint density at radius 1 is 0.970 bits per heavy atom. The van der Waals surface area contributed by atoms with Crippen molar-refractivity contribution >= 4 is 23.1 Å². The average Bonchev–Trinajstić information content (AvgIpc) is 3.24. The Labute approximate surface area is 192 Å². The number of hydrogen-bond donors (Lipinski definition) is 0. The standard InChI is InChI=1S/C25H24N6O2/c1-17-27-13-3-14-29(17)18-4-6-19(7-5-18)30-15-12-22-23(16-26)28-31(24(22)25(30)32)20-8-10-21(33-2)11-9-20/h4-11H,3,12-15H2,1-2H3. The fraction of sp³-hybridized carbons (Fsp3) is 0.280. The van der Waals surface area contributed by atoms with Crippen LogP contribution in [0.5, 0.6) is 5.75 Å². The summed E-state index contributed by atoms with van der Waals surface area (Å²) < 4.78 is 6.81. The van der Waals surface area contributed by atoms with E-state index in [1.807, 2.05) is 55.5 Å². The van der Waals surface area contributed by atoms with Gasteiger partial charge >= 0.3 is 0 Å². The van der Waals surface area contributed by atoms with Gasteiger partial charge in [0, 0.05) is 36.6 Å². The van der Waals surface area contributed by atoms with Gasteiger partial charge in [-0.05, 0) is 68.3 Å². The van der Waals surface area contributed by atoms with Crippen LogP contribution in [0.25, 0.3) is 5.69 Å². The molecule has 1 aromatic heterocycles. The van der Waals surface area contributed by atoms with Crippen LogP contribution in [0.1, 0.15) is 35.1 Å². The maximum absolute atomic E-state index is 13.6. The zero-order valence-corrected chi connectivity index (χ0v) is 18.7. The van der Waals surface area contributed by atoms with E-state index in [4.69, 9.17) is 4.74 Å². The smallest absolute Gasteiger partial charge is 0.277 e. The van der Waals surface area contributed by atoms with E-state index >= 15 is 0 Å². The zero-order valence-electron chi connectivity index (χ0n) is 18.7. The molecular weight excluding hydrogens is 416 g/mol. The Balaban J connectivity index is 1.48. The molecule has 8 heteroatoms. The lowest BCUT2D eigenvalue weighted by Crippen LogP contribution is -2.39. The molecule has 0 fully saturated rings. The Bertz CT molecular complexity index is 1270. The lowest BCUT2D eigenvalue weighted by molar-refractivity contribution is 0.0973. The second-order valence-corrected chi connectivity index (χ2v) is 8.05. The van der Waals surface area contributed by atoms with Gasteiger partial charge in [-0.1, -0.05) is 0 Å². The molecule has 3 heterocycles. The molecule has 0 aliphatic carbocycles. The van der Waals surface area contributed by atoms with Crippen molar-refractivity contribution in [3.8, 4) is 17.5 Å². The van der Waals surface area contributed by atoms with E-state index < -0.39 is 0 Å². The van der Waals surface area contributed by atoms with E-state index in [2.05, 4.69) is 21.1 Å². The van der Waals surface area contributed by atoms with Gasteiger partial charge in [0.25, 0.3) is 5.91 Å². The van der Waals surface area contributed by atoms with Crippen molar-refractivity contribution in [1.82, 2.24) is 9.78 Å². The molecule has 0 unspecified atom stereocenters. The Kier molecular flexibility index (Phi) is 5.31. The Morgan fingerprint density at radius 3 is 2.27 bits per heavy atom. The quantitative estimate of drug-likeness (QED) is 0.619. The van der Waals surface area contributed by atoms with Gasteiger partial charge in [-0.2, -0.15) is 10.4 Å². The summed E-state index contributed by atoms with van der Waals surface area (Å²) in [4.78, 5) is 22.1. The van der Waals surface area contributed by atoms with Crippen molar-refractivity contribution in [3.05, 3.63) is 65.5 Å². The Hall–Kier alpha value is -4.12. The second kappa shape index (κ2) is 8.43. The number of aromatic nitrogens is 2. The number of rotatable bonds is 4. The molecule has 2 aliphatic heterocycles. The zero-order chi connectivity index (χ0) is 22.9. The molecule has 0 saturated carbocycles. The first-order valence-electron chi connectivity index (χ1n) is 11.0. The third-order valence-corrected chi connectivity index (χ3v) is 6.18. The molecule has 0 N–H and O–H groups in total. The summed E-state index contributed by atoms with van der Waals surface area (Å²) in [5.41, 5.74) is 4.03. The number of fused-ring (bicyclic) bond motifs is 1. The molecule has 0 spiro atoms. The maximum Gasteiger partial charge on any atom is 0.277 e. The number of anilines is 2. The van der Waals surface area contributed by atoms with Gasteiger partial charge in [0.2, 0.25) is 0 Å². The number of nitriles is 1. The van der Waals surface area contributed by atoms with Crippen LogP contribution in [-0.2, 0) is 6.42 Å². The first-order valence-corrected chi connectivity index (χ1v) is 11.0.